The van der Waals surface area contributed by atoms with Crippen LogP contribution >= 0.6 is 0 Å². The third-order valence-corrected chi connectivity index (χ3v) is 5.92. The van der Waals surface area contributed by atoms with Crippen LogP contribution in [0.15, 0.2) is 114 Å². The molecule has 0 radical (unpaired) electrons. The Morgan fingerprint density at radius 2 is 1.55 bits per heavy atom. The second-order valence-corrected chi connectivity index (χ2v) is 7.95. The van der Waals surface area contributed by atoms with Gasteiger partial charge in [0.25, 0.3) is 5.91 Å². The van der Waals surface area contributed by atoms with E-state index in [9.17, 15) is 4.79 Å². The number of para-hydroxylation sites is 2. The molecule has 0 saturated carbocycles. The summed E-state index contributed by atoms with van der Waals surface area (Å²) in [4.78, 5) is 21.0. The summed E-state index contributed by atoms with van der Waals surface area (Å²) in [6.07, 6.45) is 0.596. The zero-order valence-electron chi connectivity index (χ0n) is 18.4. The molecule has 33 heavy (non-hydrogen) atoms. The lowest BCUT2D eigenvalue weighted by atomic mass is 9.95. The first-order chi connectivity index (χ1) is 16.2. The molecule has 162 valence electrons. The van der Waals surface area contributed by atoms with Crippen molar-refractivity contribution in [1.82, 2.24) is 0 Å². The normalized spacial score (nSPS) is 15.2. The number of ether oxygens (including phenoxy) is 1. The van der Waals surface area contributed by atoms with Crippen LogP contribution in [0.25, 0.3) is 0 Å². The molecule has 5 rings (SSSR count). The minimum atomic E-state index is -0.215. The number of fused-ring (bicyclic) bond motifs is 1. The number of amides is 1. The van der Waals surface area contributed by atoms with E-state index in [0.29, 0.717) is 17.7 Å². The molecule has 1 aliphatic heterocycles. The number of aliphatic imine (C=N–C) groups is 1. The summed E-state index contributed by atoms with van der Waals surface area (Å²) >= 11 is 0. The fourth-order valence-corrected chi connectivity index (χ4v) is 4.30. The molecule has 1 atom stereocenters. The summed E-state index contributed by atoms with van der Waals surface area (Å²) in [5, 5.41) is 0. The summed E-state index contributed by atoms with van der Waals surface area (Å²) in [6, 6.07) is 35.3. The van der Waals surface area contributed by atoms with Crippen LogP contribution in [0.2, 0.25) is 0 Å². The lowest BCUT2D eigenvalue weighted by molar-refractivity contribution is 0.0977. The highest BCUT2D eigenvalue weighted by Gasteiger charge is 2.33. The Hall–Kier alpha value is -4.18. The van der Waals surface area contributed by atoms with Crippen LogP contribution in [0, 0.1) is 0 Å². The molecule has 4 aromatic rings. The SMILES string of the molecule is COc1cccc(C(=O)N2c3ccccc3N=C(c3ccccc3)C[C@@H]2c2ccccc2)c1. The van der Waals surface area contributed by atoms with Gasteiger partial charge in [-0.05, 0) is 41.5 Å². The Morgan fingerprint density at radius 1 is 0.848 bits per heavy atom. The van der Waals surface area contributed by atoms with E-state index in [1.165, 1.54) is 0 Å². The standard InChI is InChI=1S/C29H24N2O2/c1-33-24-16-10-15-23(19-24)29(32)31-27-18-9-8-17-25(27)30-26(21-11-4-2-5-12-21)20-28(31)22-13-6-3-7-14-22/h2-19,28H,20H2,1H3/t28-/m1/s1. The lowest BCUT2D eigenvalue weighted by Gasteiger charge is -2.32. The molecule has 0 spiro atoms. The number of rotatable bonds is 4. The Kier molecular flexibility index (Phi) is 5.73. The van der Waals surface area contributed by atoms with Crippen LogP contribution in [0.5, 0.6) is 5.75 Å². The minimum absolute atomic E-state index is 0.0836. The van der Waals surface area contributed by atoms with Gasteiger partial charge in [-0.2, -0.15) is 0 Å². The van der Waals surface area contributed by atoms with E-state index in [1.807, 2.05) is 83.8 Å². The number of benzene rings is 4. The van der Waals surface area contributed by atoms with Gasteiger partial charge in [-0.3, -0.25) is 14.7 Å². The van der Waals surface area contributed by atoms with Crippen molar-refractivity contribution in [2.24, 2.45) is 4.99 Å². The van der Waals surface area contributed by atoms with Crippen molar-refractivity contribution >= 4 is 23.0 Å². The highest BCUT2D eigenvalue weighted by molar-refractivity contribution is 6.12. The van der Waals surface area contributed by atoms with Crippen LogP contribution in [0.4, 0.5) is 11.4 Å². The van der Waals surface area contributed by atoms with Crippen molar-refractivity contribution in [2.75, 3.05) is 12.0 Å². The van der Waals surface area contributed by atoms with Gasteiger partial charge in [0, 0.05) is 12.0 Å². The van der Waals surface area contributed by atoms with E-state index in [4.69, 9.17) is 9.73 Å². The number of anilines is 1. The largest absolute Gasteiger partial charge is 0.497 e. The maximum absolute atomic E-state index is 14.0. The van der Waals surface area contributed by atoms with Gasteiger partial charge in [-0.1, -0.05) is 78.9 Å². The molecule has 0 aliphatic carbocycles. The Morgan fingerprint density at radius 3 is 2.30 bits per heavy atom. The van der Waals surface area contributed by atoms with Crippen molar-refractivity contribution in [3.05, 3.63) is 126 Å². The fraction of sp³-hybridized carbons (Fsp3) is 0.103. The monoisotopic (exact) mass is 432 g/mol. The number of carbonyl (C=O) groups excluding carboxylic acids is 1. The molecule has 4 aromatic carbocycles. The number of hydrogen-bond donors (Lipinski definition) is 0. The van der Waals surface area contributed by atoms with Gasteiger partial charge in [-0.15, -0.1) is 0 Å². The van der Waals surface area contributed by atoms with E-state index >= 15 is 0 Å². The maximum Gasteiger partial charge on any atom is 0.259 e. The number of methoxy groups -OCH3 is 1. The molecular weight excluding hydrogens is 408 g/mol. The van der Waals surface area contributed by atoms with Crippen LogP contribution in [0.1, 0.15) is 33.9 Å². The van der Waals surface area contributed by atoms with Crippen LogP contribution in [-0.2, 0) is 0 Å². The Balaban J connectivity index is 1.69. The van der Waals surface area contributed by atoms with Crippen molar-refractivity contribution in [3.8, 4) is 5.75 Å². The second kappa shape index (κ2) is 9.13. The van der Waals surface area contributed by atoms with Gasteiger partial charge in [0.1, 0.15) is 5.75 Å². The quantitative estimate of drug-likeness (QED) is 0.364. The molecule has 1 amide bonds. The Bertz CT molecular complexity index is 1300. The molecule has 1 aliphatic rings. The summed E-state index contributed by atoms with van der Waals surface area (Å²) in [7, 11) is 1.61. The molecule has 4 heteroatoms. The number of nitrogens with zero attached hydrogens (tertiary/aromatic N) is 2. The van der Waals surface area contributed by atoms with Crippen LogP contribution in [0.3, 0.4) is 0 Å². The van der Waals surface area contributed by atoms with Gasteiger partial charge >= 0.3 is 0 Å². The third-order valence-electron chi connectivity index (χ3n) is 5.92. The first-order valence-corrected chi connectivity index (χ1v) is 11.0. The molecule has 0 fully saturated rings. The van der Waals surface area contributed by atoms with Crippen molar-refractivity contribution in [2.45, 2.75) is 12.5 Å². The average Bonchev–Trinajstić information content (AvgIpc) is 3.06. The van der Waals surface area contributed by atoms with E-state index in [2.05, 4.69) is 24.3 Å². The van der Waals surface area contributed by atoms with Crippen LogP contribution in [-0.4, -0.2) is 18.7 Å². The van der Waals surface area contributed by atoms with E-state index in [0.717, 1.165) is 28.2 Å². The van der Waals surface area contributed by atoms with Gasteiger partial charge in [0.05, 0.1) is 30.2 Å². The van der Waals surface area contributed by atoms with E-state index < -0.39 is 0 Å². The van der Waals surface area contributed by atoms with Crippen LogP contribution < -0.4 is 9.64 Å². The zero-order valence-corrected chi connectivity index (χ0v) is 18.4. The summed E-state index contributed by atoms with van der Waals surface area (Å²) in [6.45, 7) is 0. The summed E-state index contributed by atoms with van der Waals surface area (Å²) in [5.41, 5.74) is 5.24. The molecule has 1 heterocycles. The summed E-state index contributed by atoms with van der Waals surface area (Å²) in [5.74, 6) is 0.571. The number of carbonyl (C=O) groups is 1. The molecule has 0 N–H and O–H groups in total. The topological polar surface area (TPSA) is 41.9 Å². The lowest BCUT2D eigenvalue weighted by Crippen LogP contribution is -2.35. The van der Waals surface area contributed by atoms with Crippen molar-refractivity contribution in [1.29, 1.82) is 0 Å². The van der Waals surface area contributed by atoms with E-state index in [1.54, 1.807) is 13.2 Å². The third kappa shape index (κ3) is 4.15. The van der Waals surface area contributed by atoms with Gasteiger partial charge in [0.2, 0.25) is 0 Å². The first-order valence-electron chi connectivity index (χ1n) is 11.0. The minimum Gasteiger partial charge on any atom is -0.497 e. The van der Waals surface area contributed by atoms with Crippen molar-refractivity contribution in [3.63, 3.8) is 0 Å². The number of hydrogen-bond acceptors (Lipinski definition) is 3. The summed E-state index contributed by atoms with van der Waals surface area (Å²) < 4.78 is 5.38. The van der Waals surface area contributed by atoms with Crippen molar-refractivity contribution < 1.29 is 9.53 Å². The maximum atomic E-state index is 14.0. The molecule has 0 saturated heterocycles. The predicted molar refractivity (Wildman–Crippen MR) is 133 cm³/mol. The first kappa shape index (κ1) is 20.7. The van der Waals surface area contributed by atoms with Gasteiger partial charge in [-0.25, -0.2) is 0 Å². The average molecular weight is 433 g/mol. The molecule has 0 aromatic heterocycles. The van der Waals surface area contributed by atoms with E-state index in [-0.39, 0.29) is 11.9 Å². The fourth-order valence-electron chi connectivity index (χ4n) is 4.30. The van der Waals surface area contributed by atoms with Gasteiger partial charge in [0.15, 0.2) is 0 Å². The van der Waals surface area contributed by atoms with Gasteiger partial charge < -0.3 is 4.74 Å². The molecule has 0 bridgehead atoms. The predicted octanol–water partition coefficient (Wildman–Crippen LogP) is 6.61. The Labute approximate surface area is 193 Å². The highest BCUT2D eigenvalue weighted by atomic mass is 16.5. The molecular formula is C29H24N2O2. The second-order valence-electron chi connectivity index (χ2n) is 7.95. The highest BCUT2D eigenvalue weighted by Crippen LogP contribution is 2.41. The molecule has 4 nitrogen and oxygen atoms in total. The zero-order chi connectivity index (χ0) is 22.6. The molecule has 0 unspecified atom stereocenters. The smallest absolute Gasteiger partial charge is 0.259 e.